The van der Waals surface area contributed by atoms with E-state index in [1.54, 1.807) is 6.20 Å². The van der Waals surface area contributed by atoms with Gasteiger partial charge >= 0.3 is 5.97 Å². The van der Waals surface area contributed by atoms with Crippen molar-refractivity contribution in [3.8, 4) is 0 Å². The summed E-state index contributed by atoms with van der Waals surface area (Å²) in [5.41, 5.74) is 0.523. The van der Waals surface area contributed by atoms with Crippen LogP contribution < -0.4 is 10.2 Å². The average molecular weight is 289 g/mol. The standard InChI is InChI=1S/C16H23N3O2/c1-2-21-16(20)12-7-8-15(18-11-12)19-10-4-6-14(19)13-5-3-9-17-13/h7-8,11,13-14,17H,2-6,9-10H2,1H3. The van der Waals surface area contributed by atoms with Gasteiger partial charge in [-0.3, -0.25) is 0 Å². The maximum absolute atomic E-state index is 11.7. The first-order valence-electron chi connectivity index (χ1n) is 7.93. The zero-order chi connectivity index (χ0) is 14.7. The molecule has 0 amide bonds. The van der Waals surface area contributed by atoms with Crippen molar-refractivity contribution < 1.29 is 9.53 Å². The quantitative estimate of drug-likeness (QED) is 0.859. The molecule has 0 saturated carbocycles. The summed E-state index contributed by atoms with van der Waals surface area (Å²) >= 11 is 0. The molecule has 2 aliphatic heterocycles. The van der Waals surface area contributed by atoms with Gasteiger partial charge in [0.25, 0.3) is 0 Å². The molecule has 1 N–H and O–H groups in total. The van der Waals surface area contributed by atoms with Crippen LogP contribution in [-0.4, -0.2) is 42.7 Å². The average Bonchev–Trinajstić information content (AvgIpc) is 3.18. The maximum atomic E-state index is 11.7. The molecule has 0 spiro atoms. The fraction of sp³-hybridized carbons (Fsp3) is 0.625. The van der Waals surface area contributed by atoms with Crippen LogP contribution in [0.5, 0.6) is 0 Å². The molecule has 2 aliphatic rings. The highest BCUT2D eigenvalue weighted by Crippen LogP contribution is 2.28. The van der Waals surface area contributed by atoms with E-state index in [0.717, 1.165) is 18.9 Å². The number of esters is 1. The molecule has 3 rings (SSSR count). The van der Waals surface area contributed by atoms with E-state index < -0.39 is 0 Å². The van der Waals surface area contributed by atoms with Gasteiger partial charge in [-0.1, -0.05) is 0 Å². The van der Waals surface area contributed by atoms with Crippen LogP contribution in [0.1, 0.15) is 43.0 Å². The van der Waals surface area contributed by atoms with Gasteiger partial charge in [-0.15, -0.1) is 0 Å². The Bertz CT molecular complexity index is 483. The number of pyridine rings is 1. The molecule has 0 aromatic carbocycles. The van der Waals surface area contributed by atoms with E-state index in [1.165, 1.54) is 25.7 Å². The Morgan fingerprint density at radius 2 is 2.33 bits per heavy atom. The molecule has 5 heteroatoms. The van der Waals surface area contributed by atoms with Crippen LogP contribution in [0, 0.1) is 0 Å². The summed E-state index contributed by atoms with van der Waals surface area (Å²) in [4.78, 5) is 18.5. The molecular formula is C16H23N3O2. The number of hydrogen-bond acceptors (Lipinski definition) is 5. The SMILES string of the molecule is CCOC(=O)c1ccc(N2CCCC2C2CCCN2)nc1. The third kappa shape index (κ3) is 3.02. The number of nitrogens with one attached hydrogen (secondary N) is 1. The Kier molecular flexibility index (Phi) is 4.39. The molecule has 5 nitrogen and oxygen atoms in total. The first-order chi connectivity index (χ1) is 10.3. The minimum absolute atomic E-state index is 0.299. The van der Waals surface area contributed by atoms with E-state index in [9.17, 15) is 4.79 Å². The molecule has 0 aliphatic carbocycles. The zero-order valence-corrected chi connectivity index (χ0v) is 12.5. The Labute approximate surface area is 125 Å². The second-order valence-electron chi connectivity index (χ2n) is 5.73. The van der Waals surface area contributed by atoms with E-state index in [1.807, 2.05) is 19.1 Å². The number of anilines is 1. The highest BCUT2D eigenvalue weighted by atomic mass is 16.5. The molecule has 2 saturated heterocycles. The fourth-order valence-electron chi connectivity index (χ4n) is 3.43. The minimum Gasteiger partial charge on any atom is -0.462 e. The lowest BCUT2D eigenvalue weighted by molar-refractivity contribution is 0.0526. The van der Waals surface area contributed by atoms with Gasteiger partial charge < -0.3 is 15.0 Å². The number of ether oxygens (including phenoxy) is 1. The molecular weight excluding hydrogens is 266 g/mol. The number of carbonyl (C=O) groups is 1. The van der Waals surface area contributed by atoms with Crippen LogP contribution in [0.3, 0.4) is 0 Å². The summed E-state index contributed by atoms with van der Waals surface area (Å²) < 4.78 is 4.99. The highest BCUT2D eigenvalue weighted by molar-refractivity contribution is 5.89. The molecule has 3 heterocycles. The van der Waals surface area contributed by atoms with Gasteiger partial charge in [0, 0.05) is 24.8 Å². The van der Waals surface area contributed by atoms with Crippen molar-refractivity contribution >= 4 is 11.8 Å². The molecule has 114 valence electrons. The Balaban J connectivity index is 1.72. The highest BCUT2D eigenvalue weighted by Gasteiger charge is 2.33. The summed E-state index contributed by atoms with van der Waals surface area (Å²) in [6.45, 7) is 4.38. The van der Waals surface area contributed by atoms with Crippen molar-refractivity contribution in [1.82, 2.24) is 10.3 Å². The second kappa shape index (κ2) is 6.43. The predicted molar refractivity (Wildman–Crippen MR) is 81.6 cm³/mol. The van der Waals surface area contributed by atoms with Crippen LogP contribution in [0.25, 0.3) is 0 Å². The van der Waals surface area contributed by atoms with E-state index >= 15 is 0 Å². The number of hydrogen-bond donors (Lipinski definition) is 1. The van der Waals surface area contributed by atoms with Crippen molar-refractivity contribution in [3.05, 3.63) is 23.9 Å². The maximum Gasteiger partial charge on any atom is 0.339 e. The van der Waals surface area contributed by atoms with Gasteiger partial charge in [0.1, 0.15) is 5.82 Å². The van der Waals surface area contributed by atoms with Gasteiger partial charge in [-0.25, -0.2) is 9.78 Å². The summed E-state index contributed by atoms with van der Waals surface area (Å²) in [7, 11) is 0. The van der Waals surface area contributed by atoms with E-state index in [4.69, 9.17) is 4.74 Å². The zero-order valence-electron chi connectivity index (χ0n) is 12.5. The van der Waals surface area contributed by atoms with E-state index in [0.29, 0.717) is 24.3 Å². The summed E-state index contributed by atoms with van der Waals surface area (Å²) in [5.74, 6) is 0.672. The lowest BCUT2D eigenvalue weighted by atomic mass is 10.0. The van der Waals surface area contributed by atoms with Gasteiger partial charge in [0.2, 0.25) is 0 Å². The third-order valence-electron chi connectivity index (χ3n) is 4.42. The normalized spacial score (nSPS) is 25.3. The summed E-state index contributed by atoms with van der Waals surface area (Å²) in [6.07, 6.45) is 6.58. The van der Waals surface area contributed by atoms with E-state index in [2.05, 4.69) is 15.2 Å². The molecule has 1 aromatic heterocycles. The topological polar surface area (TPSA) is 54.5 Å². The molecule has 2 atom stereocenters. The van der Waals surface area contributed by atoms with Crippen LogP contribution in [-0.2, 0) is 4.74 Å². The summed E-state index contributed by atoms with van der Waals surface area (Å²) in [6, 6.07) is 4.88. The van der Waals surface area contributed by atoms with E-state index in [-0.39, 0.29) is 5.97 Å². The monoisotopic (exact) mass is 289 g/mol. The van der Waals surface area contributed by atoms with Gasteiger partial charge in [-0.05, 0) is 51.3 Å². The second-order valence-corrected chi connectivity index (χ2v) is 5.73. The molecule has 1 aromatic rings. The molecule has 0 radical (unpaired) electrons. The Hall–Kier alpha value is -1.62. The third-order valence-corrected chi connectivity index (χ3v) is 4.42. The van der Waals surface area contributed by atoms with Crippen molar-refractivity contribution in [2.45, 2.75) is 44.7 Å². The first-order valence-corrected chi connectivity index (χ1v) is 7.93. The van der Waals surface area contributed by atoms with Crippen molar-refractivity contribution in [1.29, 1.82) is 0 Å². The number of rotatable bonds is 4. The first kappa shape index (κ1) is 14.3. The Morgan fingerprint density at radius 1 is 1.43 bits per heavy atom. The van der Waals surface area contributed by atoms with Gasteiger partial charge in [0.15, 0.2) is 0 Å². The minimum atomic E-state index is -0.299. The summed E-state index contributed by atoms with van der Waals surface area (Å²) in [5, 5.41) is 3.60. The number of carbonyl (C=O) groups excluding carboxylic acids is 1. The van der Waals surface area contributed by atoms with Crippen LogP contribution >= 0.6 is 0 Å². The fourth-order valence-corrected chi connectivity index (χ4v) is 3.43. The van der Waals surface area contributed by atoms with Crippen LogP contribution in [0.2, 0.25) is 0 Å². The lowest BCUT2D eigenvalue weighted by Crippen LogP contribution is -2.44. The molecule has 2 unspecified atom stereocenters. The smallest absolute Gasteiger partial charge is 0.339 e. The molecule has 2 fully saturated rings. The number of aromatic nitrogens is 1. The van der Waals surface area contributed by atoms with Gasteiger partial charge in [-0.2, -0.15) is 0 Å². The van der Waals surface area contributed by atoms with Crippen LogP contribution in [0.15, 0.2) is 18.3 Å². The van der Waals surface area contributed by atoms with Crippen molar-refractivity contribution in [2.75, 3.05) is 24.6 Å². The van der Waals surface area contributed by atoms with Crippen LogP contribution in [0.4, 0.5) is 5.82 Å². The lowest BCUT2D eigenvalue weighted by Gasteiger charge is -2.30. The molecule has 0 bridgehead atoms. The van der Waals surface area contributed by atoms with Crippen molar-refractivity contribution in [3.63, 3.8) is 0 Å². The predicted octanol–water partition coefficient (Wildman–Crippen LogP) is 1.98. The van der Waals surface area contributed by atoms with Crippen molar-refractivity contribution in [2.24, 2.45) is 0 Å². The van der Waals surface area contributed by atoms with Gasteiger partial charge in [0.05, 0.1) is 12.2 Å². The largest absolute Gasteiger partial charge is 0.462 e. The number of nitrogens with zero attached hydrogens (tertiary/aromatic N) is 2. The Morgan fingerprint density at radius 3 is 3.00 bits per heavy atom. The molecule has 21 heavy (non-hydrogen) atoms.